The SMILES string of the molecule is COC(=O)C[C@]12C[C@H](CO[Si](C)(C)C(C)(C)C)[C@@]3(C=CCC[C@@]13C)[C@H]2O. The summed E-state index contributed by atoms with van der Waals surface area (Å²) < 4.78 is 11.5. The first-order valence-electron chi connectivity index (χ1n) is 9.94. The van der Waals surface area contributed by atoms with Crippen molar-refractivity contribution in [2.24, 2.45) is 22.2 Å². The molecule has 3 saturated carbocycles. The zero-order chi connectivity index (χ0) is 19.6. The molecular weight excluding hydrogens is 344 g/mol. The molecule has 4 rings (SSSR count). The van der Waals surface area contributed by atoms with E-state index < -0.39 is 14.4 Å². The van der Waals surface area contributed by atoms with Crippen molar-refractivity contribution in [3.63, 3.8) is 0 Å². The summed E-state index contributed by atoms with van der Waals surface area (Å²) in [4.78, 5) is 12.1. The van der Waals surface area contributed by atoms with Gasteiger partial charge < -0.3 is 14.3 Å². The number of carbonyl (C=O) groups is 1. The fourth-order valence-corrected chi connectivity index (χ4v) is 7.03. The van der Waals surface area contributed by atoms with Crippen LogP contribution in [0.15, 0.2) is 12.2 Å². The maximum absolute atomic E-state index is 12.1. The van der Waals surface area contributed by atoms with E-state index in [9.17, 15) is 9.90 Å². The van der Waals surface area contributed by atoms with Crippen LogP contribution in [0.25, 0.3) is 0 Å². The molecule has 0 aromatic rings. The zero-order valence-electron chi connectivity index (χ0n) is 17.5. The molecule has 0 aromatic carbocycles. The van der Waals surface area contributed by atoms with Crippen LogP contribution in [0.4, 0.5) is 0 Å². The topological polar surface area (TPSA) is 55.8 Å². The van der Waals surface area contributed by atoms with Crippen LogP contribution in [0, 0.1) is 22.2 Å². The first kappa shape index (κ1) is 20.1. The summed E-state index contributed by atoms with van der Waals surface area (Å²) in [7, 11) is -0.412. The molecule has 3 fully saturated rings. The highest BCUT2D eigenvalue weighted by atomic mass is 28.4. The molecule has 148 valence electrons. The molecule has 1 spiro atoms. The first-order valence-corrected chi connectivity index (χ1v) is 12.9. The first-order chi connectivity index (χ1) is 11.9. The molecule has 4 aliphatic carbocycles. The number of rotatable bonds is 5. The molecule has 0 aromatic heterocycles. The standard InChI is InChI=1S/C21H36O4Si/c1-18(2,3)26(6,7)25-14-15-12-20(13-16(22)24-5)17(23)21(15)11-9-8-10-19(20,21)4/h9,11,15,17,23H,8,10,12-14H2,1-7H3/t15-,17+,19+,20+,21+/m1/s1. The molecule has 1 N–H and O–H groups in total. The van der Waals surface area contributed by atoms with Gasteiger partial charge in [0, 0.05) is 17.4 Å². The van der Waals surface area contributed by atoms with Gasteiger partial charge in [0.1, 0.15) is 0 Å². The highest BCUT2D eigenvalue weighted by Gasteiger charge is 2.84. The highest BCUT2D eigenvalue weighted by Crippen LogP contribution is 2.83. The summed E-state index contributed by atoms with van der Waals surface area (Å²) in [6, 6.07) is 0. The number of methoxy groups -OCH3 is 1. The van der Waals surface area contributed by atoms with E-state index >= 15 is 0 Å². The van der Waals surface area contributed by atoms with E-state index in [1.165, 1.54) is 7.11 Å². The van der Waals surface area contributed by atoms with E-state index in [1.54, 1.807) is 0 Å². The van der Waals surface area contributed by atoms with Crippen LogP contribution in [0.2, 0.25) is 18.1 Å². The Bertz CT molecular complexity index is 622. The monoisotopic (exact) mass is 380 g/mol. The van der Waals surface area contributed by atoms with Crippen LogP contribution in [0.3, 0.4) is 0 Å². The van der Waals surface area contributed by atoms with E-state index in [-0.39, 0.29) is 33.2 Å². The Labute approximate surface area is 159 Å². The van der Waals surface area contributed by atoms with Gasteiger partial charge in [-0.15, -0.1) is 0 Å². The Morgan fingerprint density at radius 2 is 2.00 bits per heavy atom. The molecule has 4 aliphatic rings. The average molecular weight is 381 g/mol. The van der Waals surface area contributed by atoms with Gasteiger partial charge in [0.2, 0.25) is 0 Å². The minimum atomic E-state index is -1.85. The largest absolute Gasteiger partial charge is 0.469 e. The van der Waals surface area contributed by atoms with Crippen molar-refractivity contribution in [1.29, 1.82) is 0 Å². The van der Waals surface area contributed by atoms with Gasteiger partial charge in [0.15, 0.2) is 8.32 Å². The van der Waals surface area contributed by atoms with Crippen molar-refractivity contribution >= 4 is 14.3 Å². The summed E-state index contributed by atoms with van der Waals surface area (Å²) in [5, 5.41) is 11.4. The van der Waals surface area contributed by atoms with Crippen LogP contribution in [-0.4, -0.2) is 39.2 Å². The van der Waals surface area contributed by atoms with Gasteiger partial charge >= 0.3 is 5.97 Å². The molecule has 26 heavy (non-hydrogen) atoms. The van der Waals surface area contributed by atoms with Gasteiger partial charge in [-0.25, -0.2) is 0 Å². The van der Waals surface area contributed by atoms with Crippen LogP contribution in [0.1, 0.15) is 53.4 Å². The number of fused-ring (bicyclic) bond motifs is 1. The van der Waals surface area contributed by atoms with E-state index in [1.807, 2.05) is 0 Å². The average Bonchev–Trinajstić information content (AvgIpc) is 2.93. The van der Waals surface area contributed by atoms with Crippen LogP contribution < -0.4 is 0 Å². The number of hydrogen-bond acceptors (Lipinski definition) is 4. The van der Waals surface area contributed by atoms with Gasteiger partial charge in [-0.2, -0.15) is 0 Å². The van der Waals surface area contributed by atoms with E-state index in [0.717, 1.165) is 19.3 Å². The third-order valence-electron chi connectivity index (χ3n) is 8.66. The van der Waals surface area contributed by atoms with Gasteiger partial charge in [-0.05, 0) is 48.7 Å². The van der Waals surface area contributed by atoms with Crippen molar-refractivity contribution in [3.05, 3.63) is 12.2 Å². The number of aliphatic hydroxyl groups excluding tert-OH is 1. The number of allylic oxidation sites excluding steroid dienone is 1. The fraction of sp³-hybridized carbons (Fsp3) is 0.857. The molecule has 0 unspecified atom stereocenters. The van der Waals surface area contributed by atoms with Gasteiger partial charge in [0.05, 0.1) is 19.6 Å². The molecule has 5 atom stereocenters. The smallest absolute Gasteiger partial charge is 0.306 e. The zero-order valence-corrected chi connectivity index (χ0v) is 18.5. The lowest BCUT2D eigenvalue weighted by molar-refractivity contribution is -0.250. The van der Waals surface area contributed by atoms with Crippen molar-refractivity contribution in [2.45, 2.75) is 77.6 Å². The molecule has 0 radical (unpaired) electrons. The fourth-order valence-electron chi connectivity index (χ4n) is 5.98. The van der Waals surface area contributed by atoms with Crippen LogP contribution in [-0.2, 0) is 14.0 Å². The van der Waals surface area contributed by atoms with Crippen LogP contribution in [0.5, 0.6) is 0 Å². The van der Waals surface area contributed by atoms with Crippen molar-refractivity contribution in [2.75, 3.05) is 13.7 Å². The second-order valence-corrected chi connectivity index (χ2v) is 15.3. The lowest BCUT2D eigenvalue weighted by Gasteiger charge is -2.68. The van der Waals surface area contributed by atoms with Gasteiger partial charge in [-0.1, -0.05) is 39.8 Å². The highest BCUT2D eigenvalue weighted by molar-refractivity contribution is 6.74. The third kappa shape index (κ3) is 2.29. The number of aliphatic hydroxyl groups is 1. The third-order valence-corrected chi connectivity index (χ3v) is 13.2. The molecule has 0 aliphatic heterocycles. The molecule has 5 heteroatoms. The predicted octanol–water partition coefficient (Wildman–Crippen LogP) is 4.29. The maximum atomic E-state index is 12.1. The summed E-state index contributed by atoms with van der Waals surface area (Å²) in [5.74, 6) is 0.0530. The summed E-state index contributed by atoms with van der Waals surface area (Å²) in [5.41, 5.74) is -0.669. The molecule has 0 amide bonds. The van der Waals surface area contributed by atoms with E-state index in [2.05, 4.69) is 52.9 Å². The summed E-state index contributed by atoms with van der Waals surface area (Å²) in [6.07, 6.45) is 7.19. The molecule has 0 saturated heterocycles. The number of hydrogen-bond donors (Lipinski definition) is 1. The Balaban J connectivity index is 1.89. The molecular formula is C21H36O4Si. The normalized spacial score (nSPS) is 41.5. The predicted molar refractivity (Wildman–Crippen MR) is 105 cm³/mol. The Kier molecular flexibility index (Phi) is 4.57. The quantitative estimate of drug-likeness (QED) is 0.439. The molecule has 0 heterocycles. The number of esters is 1. The van der Waals surface area contributed by atoms with E-state index in [0.29, 0.717) is 13.0 Å². The maximum Gasteiger partial charge on any atom is 0.306 e. The number of ether oxygens (including phenoxy) is 1. The lowest BCUT2D eigenvalue weighted by atomic mass is 9.36. The Morgan fingerprint density at radius 3 is 2.58 bits per heavy atom. The minimum Gasteiger partial charge on any atom is -0.469 e. The lowest BCUT2D eigenvalue weighted by Crippen LogP contribution is -2.70. The van der Waals surface area contributed by atoms with Crippen molar-refractivity contribution < 1.29 is 19.1 Å². The van der Waals surface area contributed by atoms with E-state index in [4.69, 9.17) is 9.16 Å². The van der Waals surface area contributed by atoms with Crippen molar-refractivity contribution in [1.82, 2.24) is 0 Å². The minimum absolute atomic E-state index is 0.0518. The summed E-state index contributed by atoms with van der Waals surface area (Å²) >= 11 is 0. The Hall–Kier alpha value is -0.653. The second kappa shape index (κ2) is 5.92. The Morgan fingerprint density at radius 1 is 1.35 bits per heavy atom. The molecule has 2 bridgehead atoms. The van der Waals surface area contributed by atoms with Gasteiger partial charge in [0.25, 0.3) is 0 Å². The summed E-state index contributed by atoms with van der Waals surface area (Å²) in [6.45, 7) is 14.3. The molecule has 4 nitrogen and oxygen atoms in total. The van der Waals surface area contributed by atoms with Gasteiger partial charge in [-0.3, -0.25) is 4.79 Å². The van der Waals surface area contributed by atoms with Crippen molar-refractivity contribution in [3.8, 4) is 0 Å². The van der Waals surface area contributed by atoms with Crippen LogP contribution >= 0.6 is 0 Å². The number of carbonyl (C=O) groups excluding carboxylic acids is 1. The second-order valence-electron chi connectivity index (χ2n) is 10.5.